The summed E-state index contributed by atoms with van der Waals surface area (Å²) in [6.07, 6.45) is 2.23. The molecular formula is C10H9Si. The predicted octanol–water partition coefficient (Wildman–Crippen LogP) is 2.31. The third kappa shape index (κ3) is 0.961. The number of rotatable bonds is 0. The van der Waals surface area contributed by atoms with Crippen LogP contribution in [0.15, 0.2) is 29.8 Å². The second-order valence-corrected chi connectivity index (χ2v) is 3.53. The first-order chi connectivity index (χ1) is 5.29. The standard InChI is InChI=1S/C10H9Si/c1-7-6-8-4-2-3-5-9(8)10(7)11/h2-6,10H,1H3. The molecule has 3 radical (unpaired) electrons. The van der Waals surface area contributed by atoms with E-state index in [-0.39, 0.29) is 0 Å². The van der Waals surface area contributed by atoms with Gasteiger partial charge in [-0.25, -0.2) is 0 Å². The fourth-order valence-electron chi connectivity index (χ4n) is 1.48. The van der Waals surface area contributed by atoms with Gasteiger partial charge in [0.25, 0.3) is 0 Å². The van der Waals surface area contributed by atoms with Crippen molar-refractivity contribution in [2.75, 3.05) is 0 Å². The second kappa shape index (κ2) is 2.34. The summed E-state index contributed by atoms with van der Waals surface area (Å²) in [6, 6.07) is 8.48. The molecule has 0 spiro atoms. The molecule has 0 aromatic heterocycles. The van der Waals surface area contributed by atoms with E-state index in [4.69, 9.17) is 0 Å². The van der Waals surface area contributed by atoms with Crippen molar-refractivity contribution in [2.24, 2.45) is 0 Å². The molecular weight excluding hydrogens is 148 g/mol. The van der Waals surface area contributed by atoms with Crippen molar-refractivity contribution >= 4 is 16.3 Å². The van der Waals surface area contributed by atoms with Crippen molar-refractivity contribution < 1.29 is 0 Å². The number of fused-ring (bicyclic) bond motifs is 1. The molecule has 1 aromatic carbocycles. The molecule has 0 fully saturated rings. The molecule has 0 saturated heterocycles. The lowest BCUT2D eigenvalue weighted by Crippen LogP contribution is -1.94. The van der Waals surface area contributed by atoms with Crippen LogP contribution in [-0.4, -0.2) is 10.2 Å². The Balaban J connectivity index is 2.58. The number of benzene rings is 1. The Labute approximate surface area is 70.4 Å². The molecule has 0 aliphatic heterocycles. The first-order valence-electron chi connectivity index (χ1n) is 3.77. The number of allylic oxidation sites excluding steroid dienone is 1. The van der Waals surface area contributed by atoms with E-state index in [0.29, 0.717) is 5.54 Å². The van der Waals surface area contributed by atoms with Gasteiger partial charge in [-0.1, -0.05) is 35.9 Å². The van der Waals surface area contributed by atoms with Gasteiger partial charge in [0.2, 0.25) is 0 Å². The lowest BCUT2D eigenvalue weighted by Gasteiger charge is -2.05. The minimum absolute atomic E-state index is 0.436. The predicted molar refractivity (Wildman–Crippen MR) is 48.6 cm³/mol. The second-order valence-electron chi connectivity index (χ2n) is 2.95. The van der Waals surface area contributed by atoms with Crippen molar-refractivity contribution in [1.82, 2.24) is 0 Å². The lowest BCUT2D eigenvalue weighted by molar-refractivity contribution is 1.14. The van der Waals surface area contributed by atoms with Crippen LogP contribution in [0.3, 0.4) is 0 Å². The van der Waals surface area contributed by atoms with E-state index in [9.17, 15) is 0 Å². The van der Waals surface area contributed by atoms with E-state index in [1.165, 1.54) is 16.7 Å². The first kappa shape index (κ1) is 6.86. The third-order valence-electron chi connectivity index (χ3n) is 2.15. The van der Waals surface area contributed by atoms with Crippen LogP contribution < -0.4 is 0 Å². The van der Waals surface area contributed by atoms with E-state index in [1.807, 2.05) is 0 Å². The quantitative estimate of drug-likeness (QED) is 0.507. The molecule has 53 valence electrons. The molecule has 0 amide bonds. The van der Waals surface area contributed by atoms with E-state index >= 15 is 0 Å². The molecule has 0 nitrogen and oxygen atoms in total. The summed E-state index contributed by atoms with van der Waals surface area (Å²) in [4.78, 5) is 0. The van der Waals surface area contributed by atoms with Gasteiger partial charge in [0.15, 0.2) is 0 Å². The Bertz CT molecular complexity index is 312. The highest BCUT2D eigenvalue weighted by atomic mass is 28.1. The van der Waals surface area contributed by atoms with Crippen molar-refractivity contribution in [3.63, 3.8) is 0 Å². The topological polar surface area (TPSA) is 0 Å². The fraction of sp³-hybridized carbons (Fsp3) is 0.200. The van der Waals surface area contributed by atoms with Gasteiger partial charge in [0.1, 0.15) is 0 Å². The van der Waals surface area contributed by atoms with Gasteiger partial charge in [-0.15, -0.1) is 0 Å². The summed E-state index contributed by atoms with van der Waals surface area (Å²) in [6.45, 7) is 2.15. The van der Waals surface area contributed by atoms with E-state index < -0.39 is 0 Å². The number of hydrogen-bond acceptors (Lipinski definition) is 0. The summed E-state index contributed by atoms with van der Waals surface area (Å²) in [7, 11) is 3.68. The highest BCUT2D eigenvalue weighted by Crippen LogP contribution is 2.32. The van der Waals surface area contributed by atoms with Gasteiger partial charge in [0.05, 0.1) is 0 Å². The van der Waals surface area contributed by atoms with Crippen molar-refractivity contribution in [2.45, 2.75) is 12.5 Å². The van der Waals surface area contributed by atoms with Gasteiger partial charge < -0.3 is 0 Å². The zero-order chi connectivity index (χ0) is 7.84. The Morgan fingerprint density at radius 3 is 2.73 bits per heavy atom. The minimum Gasteiger partial charge on any atom is -0.0688 e. The van der Waals surface area contributed by atoms with Crippen LogP contribution in [0.2, 0.25) is 0 Å². The third-order valence-corrected chi connectivity index (χ3v) is 2.91. The molecule has 1 aromatic rings. The van der Waals surface area contributed by atoms with E-state index in [1.54, 1.807) is 0 Å². The summed E-state index contributed by atoms with van der Waals surface area (Å²) >= 11 is 0. The lowest BCUT2D eigenvalue weighted by atomic mass is 10.1. The van der Waals surface area contributed by atoms with Crippen LogP contribution in [-0.2, 0) is 0 Å². The minimum atomic E-state index is 0.436. The van der Waals surface area contributed by atoms with Crippen LogP contribution in [0.4, 0.5) is 0 Å². The average Bonchev–Trinajstić information content (AvgIpc) is 2.30. The Hall–Kier alpha value is -0.823. The molecule has 1 aliphatic carbocycles. The van der Waals surface area contributed by atoms with Crippen LogP contribution in [0.1, 0.15) is 23.6 Å². The molecule has 1 aliphatic rings. The monoisotopic (exact) mass is 157 g/mol. The summed E-state index contributed by atoms with van der Waals surface area (Å²) in [5, 5.41) is 0. The molecule has 2 rings (SSSR count). The molecule has 1 atom stereocenters. The largest absolute Gasteiger partial charge is 0.0688 e. The average molecular weight is 157 g/mol. The molecule has 11 heavy (non-hydrogen) atoms. The molecule has 0 heterocycles. The molecule has 0 saturated carbocycles. The summed E-state index contributed by atoms with van der Waals surface area (Å²) in [5.41, 5.74) is 4.57. The van der Waals surface area contributed by atoms with Gasteiger partial charge in [-0.3, -0.25) is 0 Å². The summed E-state index contributed by atoms with van der Waals surface area (Å²) < 4.78 is 0. The van der Waals surface area contributed by atoms with Crippen LogP contribution >= 0.6 is 0 Å². The van der Waals surface area contributed by atoms with Crippen molar-refractivity contribution in [3.05, 3.63) is 41.0 Å². The SMILES string of the molecule is CC1=Cc2ccccc2C1[Si]. The Morgan fingerprint density at radius 2 is 2.00 bits per heavy atom. The fourth-order valence-corrected chi connectivity index (χ4v) is 1.83. The highest BCUT2D eigenvalue weighted by molar-refractivity contribution is 6.16. The van der Waals surface area contributed by atoms with Crippen LogP contribution in [0, 0.1) is 0 Å². The van der Waals surface area contributed by atoms with E-state index in [2.05, 4.69) is 47.5 Å². The van der Waals surface area contributed by atoms with Crippen LogP contribution in [0.25, 0.3) is 6.08 Å². The van der Waals surface area contributed by atoms with Gasteiger partial charge in [0, 0.05) is 10.2 Å². The number of hydrogen-bond donors (Lipinski definition) is 0. The Morgan fingerprint density at radius 1 is 1.27 bits per heavy atom. The molecule has 1 unspecified atom stereocenters. The van der Waals surface area contributed by atoms with Gasteiger partial charge in [-0.05, 0) is 23.6 Å². The molecule has 0 N–H and O–H groups in total. The maximum absolute atomic E-state index is 3.68. The first-order valence-corrected chi connectivity index (χ1v) is 4.35. The normalized spacial score (nSPS) is 21.3. The van der Waals surface area contributed by atoms with Gasteiger partial charge >= 0.3 is 0 Å². The zero-order valence-electron chi connectivity index (χ0n) is 6.46. The molecule has 0 bridgehead atoms. The zero-order valence-corrected chi connectivity index (χ0v) is 7.46. The maximum Gasteiger partial charge on any atom is 0.0392 e. The van der Waals surface area contributed by atoms with Gasteiger partial charge in [-0.2, -0.15) is 0 Å². The Kier molecular flexibility index (Phi) is 1.46. The molecule has 1 heteroatoms. The van der Waals surface area contributed by atoms with E-state index in [0.717, 1.165) is 0 Å². The maximum atomic E-state index is 3.68. The van der Waals surface area contributed by atoms with Crippen molar-refractivity contribution in [1.29, 1.82) is 0 Å². The highest BCUT2D eigenvalue weighted by Gasteiger charge is 2.16. The summed E-state index contributed by atoms with van der Waals surface area (Å²) in [5.74, 6) is 0. The van der Waals surface area contributed by atoms with Crippen molar-refractivity contribution in [3.8, 4) is 0 Å². The van der Waals surface area contributed by atoms with Crippen LogP contribution in [0.5, 0.6) is 0 Å². The smallest absolute Gasteiger partial charge is 0.0392 e.